The van der Waals surface area contributed by atoms with Crippen LogP contribution in [0.15, 0.2) is 12.1 Å². The first kappa shape index (κ1) is 27.6. The molecule has 3 aliphatic rings. The minimum absolute atomic E-state index is 0.391. The smallest absolute Gasteiger partial charge is 0.144 e. The molecule has 3 fully saturated rings. The predicted octanol–water partition coefficient (Wildman–Crippen LogP) is 6.55. The van der Waals surface area contributed by atoms with Gasteiger partial charge in [-0.3, -0.25) is 4.90 Å². The summed E-state index contributed by atoms with van der Waals surface area (Å²) in [5.74, 6) is 2.53. The van der Waals surface area contributed by atoms with Crippen molar-refractivity contribution in [3.05, 3.63) is 17.7 Å². The minimum atomic E-state index is 0.391. The summed E-state index contributed by atoms with van der Waals surface area (Å²) in [5.41, 5.74) is 4.73. The van der Waals surface area contributed by atoms with E-state index >= 15 is 0 Å². The number of piperazine rings is 1. The first-order valence-electron chi connectivity index (χ1n) is 14.8. The zero-order valence-corrected chi connectivity index (χ0v) is 24.2. The molecule has 36 heavy (non-hydrogen) atoms. The van der Waals surface area contributed by atoms with Crippen LogP contribution in [0.4, 0.5) is 11.4 Å². The van der Waals surface area contributed by atoms with Crippen LogP contribution in [-0.4, -0.2) is 71.0 Å². The van der Waals surface area contributed by atoms with Crippen LogP contribution in [0.1, 0.15) is 90.5 Å². The molecule has 0 unspecified atom stereocenters. The molecule has 1 aromatic rings. The van der Waals surface area contributed by atoms with Crippen LogP contribution in [0.5, 0.6) is 5.75 Å². The molecule has 0 bridgehead atoms. The number of piperidine rings is 1. The molecule has 0 atom stereocenters. The van der Waals surface area contributed by atoms with Gasteiger partial charge < -0.3 is 19.3 Å². The fourth-order valence-electron chi connectivity index (χ4n) is 6.78. The quantitative estimate of drug-likeness (QED) is 0.404. The number of hydrogen-bond acceptors (Lipinski definition) is 5. The molecule has 2 heterocycles. The molecule has 0 amide bonds. The zero-order valence-electron chi connectivity index (χ0n) is 24.2. The van der Waals surface area contributed by atoms with E-state index in [0.29, 0.717) is 17.4 Å². The van der Waals surface area contributed by atoms with E-state index in [1.807, 2.05) is 14.2 Å². The van der Waals surface area contributed by atoms with E-state index in [1.165, 1.54) is 69.5 Å². The Labute approximate surface area is 221 Å². The third kappa shape index (κ3) is 6.51. The molecule has 1 aromatic carbocycles. The molecule has 0 spiro atoms. The number of benzene rings is 1. The Kier molecular flexibility index (Phi) is 9.49. The van der Waals surface area contributed by atoms with Crippen molar-refractivity contribution >= 4 is 11.4 Å². The highest BCUT2D eigenvalue weighted by Gasteiger charge is 2.33. The lowest BCUT2D eigenvalue weighted by atomic mass is 9.68. The third-order valence-electron chi connectivity index (χ3n) is 9.38. The molecule has 0 aromatic heterocycles. The highest BCUT2D eigenvalue weighted by Crippen LogP contribution is 2.48. The summed E-state index contributed by atoms with van der Waals surface area (Å²) >= 11 is 0. The second kappa shape index (κ2) is 12.4. The monoisotopic (exact) mass is 499 g/mol. The van der Waals surface area contributed by atoms with Gasteiger partial charge in [0.1, 0.15) is 5.75 Å². The Bertz CT molecular complexity index is 812. The molecule has 204 valence electrons. The number of hydrogen-bond donors (Lipinski definition) is 0. The van der Waals surface area contributed by atoms with Gasteiger partial charge in [0.05, 0.1) is 18.9 Å². The number of rotatable bonds is 8. The van der Waals surface area contributed by atoms with Gasteiger partial charge in [-0.1, -0.05) is 34.1 Å². The Hall–Kier alpha value is -1.46. The largest absolute Gasteiger partial charge is 0.495 e. The Balaban J connectivity index is 1.60. The van der Waals surface area contributed by atoms with E-state index in [4.69, 9.17) is 9.47 Å². The van der Waals surface area contributed by atoms with E-state index in [1.54, 1.807) is 5.56 Å². The summed E-state index contributed by atoms with van der Waals surface area (Å²) < 4.78 is 11.7. The lowest BCUT2D eigenvalue weighted by Gasteiger charge is -2.41. The maximum Gasteiger partial charge on any atom is 0.144 e. The van der Waals surface area contributed by atoms with E-state index in [0.717, 1.165) is 50.7 Å². The molecule has 4 rings (SSSR count). The molecule has 5 nitrogen and oxygen atoms in total. The number of ether oxygens (including phenoxy) is 2. The van der Waals surface area contributed by atoms with Gasteiger partial charge >= 0.3 is 0 Å². The number of unbranched alkanes of at least 4 members (excludes halogenated alkanes) is 1. The second-order valence-electron chi connectivity index (χ2n) is 12.6. The standard InChI is InChI=1S/C31H53N3O2/c1-7-8-15-32-18-20-34(21-19-32)28-23-30(36-6)29(33-16-13-26(35-5)14-17-33)22-27(28)24-9-11-25(12-10-24)31(2,3)4/h22-26H,7-21H2,1-6H3. The fraction of sp³-hybridized carbons (Fsp3) is 0.806. The van der Waals surface area contributed by atoms with Gasteiger partial charge in [-0.15, -0.1) is 0 Å². The summed E-state index contributed by atoms with van der Waals surface area (Å²) in [5, 5.41) is 0. The van der Waals surface area contributed by atoms with Gasteiger partial charge in [0.25, 0.3) is 0 Å². The van der Waals surface area contributed by atoms with Crippen LogP contribution in [0.2, 0.25) is 0 Å². The summed E-state index contributed by atoms with van der Waals surface area (Å²) in [4.78, 5) is 7.86. The van der Waals surface area contributed by atoms with Crippen molar-refractivity contribution in [3.63, 3.8) is 0 Å². The Morgan fingerprint density at radius 3 is 2.00 bits per heavy atom. The van der Waals surface area contributed by atoms with E-state index in [2.05, 4.69) is 54.5 Å². The van der Waals surface area contributed by atoms with Crippen molar-refractivity contribution in [1.82, 2.24) is 4.90 Å². The highest BCUT2D eigenvalue weighted by atomic mass is 16.5. The van der Waals surface area contributed by atoms with E-state index < -0.39 is 0 Å². The molecule has 2 aliphatic heterocycles. The molecule has 1 saturated carbocycles. The van der Waals surface area contributed by atoms with Crippen molar-refractivity contribution in [2.45, 2.75) is 91.1 Å². The van der Waals surface area contributed by atoms with Crippen molar-refractivity contribution in [3.8, 4) is 5.75 Å². The first-order chi connectivity index (χ1) is 17.3. The summed E-state index contributed by atoms with van der Waals surface area (Å²) in [6.07, 6.45) is 10.5. The van der Waals surface area contributed by atoms with Crippen molar-refractivity contribution in [1.29, 1.82) is 0 Å². The highest BCUT2D eigenvalue weighted by molar-refractivity contribution is 5.71. The SMILES string of the molecule is CCCCN1CCN(c2cc(OC)c(N3CCC(OC)CC3)cc2C2CCC(C(C)(C)C)CC2)CC1. The molecule has 1 aliphatic carbocycles. The number of methoxy groups -OCH3 is 2. The van der Waals surface area contributed by atoms with Gasteiger partial charge in [-0.2, -0.15) is 0 Å². The van der Waals surface area contributed by atoms with Gasteiger partial charge in [-0.25, -0.2) is 0 Å². The van der Waals surface area contributed by atoms with Gasteiger partial charge in [0, 0.05) is 58.1 Å². The molecule has 5 heteroatoms. The third-order valence-corrected chi connectivity index (χ3v) is 9.38. The van der Waals surface area contributed by atoms with Crippen LogP contribution in [0, 0.1) is 11.3 Å². The molecule has 2 saturated heterocycles. The minimum Gasteiger partial charge on any atom is -0.495 e. The molecular weight excluding hydrogens is 446 g/mol. The predicted molar refractivity (Wildman–Crippen MR) is 153 cm³/mol. The van der Waals surface area contributed by atoms with Gasteiger partial charge in [0.2, 0.25) is 0 Å². The van der Waals surface area contributed by atoms with Crippen LogP contribution < -0.4 is 14.5 Å². The number of nitrogens with zero attached hydrogens (tertiary/aromatic N) is 3. The normalized spacial score (nSPS) is 24.8. The number of anilines is 2. The van der Waals surface area contributed by atoms with Gasteiger partial charge in [0.15, 0.2) is 0 Å². The molecule has 0 N–H and O–H groups in total. The maximum atomic E-state index is 6.05. The first-order valence-corrected chi connectivity index (χ1v) is 14.8. The second-order valence-corrected chi connectivity index (χ2v) is 12.6. The average molecular weight is 500 g/mol. The Morgan fingerprint density at radius 1 is 0.806 bits per heavy atom. The van der Waals surface area contributed by atoms with Crippen molar-refractivity contribution in [2.75, 3.05) is 69.8 Å². The maximum absolute atomic E-state index is 6.05. The zero-order chi connectivity index (χ0) is 25.7. The summed E-state index contributed by atoms with van der Waals surface area (Å²) in [7, 11) is 3.70. The lowest BCUT2D eigenvalue weighted by Crippen LogP contribution is -2.47. The molecular formula is C31H53N3O2. The molecule has 0 radical (unpaired) electrons. The van der Waals surface area contributed by atoms with Gasteiger partial charge in [-0.05, 0) is 80.4 Å². The van der Waals surface area contributed by atoms with E-state index in [9.17, 15) is 0 Å². The topological polar surface area (TPSA) is 28.2 Å². The van der Waals surface area contributed by atoms with Crippen LogP contribution in [0.3, 0.4) is 0 Å². The summed E-state index contributed by atoms with van der Waals surface area (Å²) in [6.45, 7) is 17.5. The Morgan fingerprint density at radius 2 is 1.44 bits per heavy atom. The van der Waals surface area contributed by atoms with Crippen LogP contribution >= 0.6 is 0 Å². The lowest BCUT2D eigenvalue weighted by molar-refractivity contribution is 0.0818. The average Bonchev–Trinajstić information content (AvgIpc) is 2.91. The van der Waals surface area contributed by atoms with E-state index in [-0.39, 0.29) is 0 Å². The van der Waals surface area contributed by atoms with Crippen LogP contribution in [-0.2, 0) is 4.74 Å². The fourth-order valence-corrected chi connectivity index (χ4v) is 6.78. The van der Waals surface area contributed by atoms with Crippen molar-refractivity contribution < 1.29 is 9.47 Å². The van der Waals surface area contributed by atoms with Crippen molar-refractivity contribution in [2.24, 2.45) is 11.3 Å². The summed E-state index contributed by atoms with van der Waals surface area (Å²) in [6, 6.07) is 4.93. The van der Waals surface area contributed by atoms with Crippen LogP contribution in [0.25, 0.3) is 0 Å².